The Morgan fingerprint density at radius 3 is 1.39 bits per heavy atom. The van der Waals surface area contributed by atoms with Gasteiger partial charge in [-0.05, 0) is 101 Å². The molecule has 0 aromatic rings. The van der Waals surface area contributed by atoms with E-state index in [1.54, 1.807) is 0 Å². The van der Waals surface area contributed by atoms with Crippen LogP contribution in [-0.4, -0.2) is 38.6 Å². The molecule has 0 aliphatic carbocycles. The van der Waals surface area contributed by atoms with Crippen LogP contribution in [0.2, 0.25) is 0 Å². The lowest BCUT2D eigenvalue weighted by molar-refractivity contribution is 0.415. The van der Waals surface area contributed by atoms with Gasteiger partial charge in [-0.25, -0.2) is 0 Å². The third-order valence-corrected chi connectivity index (χ3v) is 6.56. The summed E-state index contributed by atoms with van der Waals surface area (Å²) in [4.78, 5) is 9.20. The van der Waals surface area contributed by atoms with Gasteiger partial charge in [-0.1, -0.05) is 67.2 Å². The second-order valence-corrected chi connectivity index (χ2v) is 10.2. The van der Waals surface area contributed by atoms with Crippen LogP contribution in [0.1, 0.15) is 119 Å². The van der Waals surface area contributed by atoms with Crippen LogP contribution in [0, 0.1) is 23.7 Å². The molecule has 0 spiro atoms. The lowest BCUT2D eigenvalue weighted by Gasteiger charge is -2.13. The zero-order valence-electron chi connectivity index (χ0n) is 22.2. The molecule has 3 nitrogen and oxygen atoms in total. The lowest BCUT2D eigenvalue weighted by Crippen LogP contribution is -2.16. The Balaban J connectivity index is 3.33. The van der Waals surface area contributed by atoms with Gasteiger partial charge in [0, 0.05) is 13.1 Å². The minimum Gasteiger partial charge on any atom is -0.317 e. The minimum absolute atomic E-state index is 0.776. The summed E-state index contributed by atoms with van der Waals surface area (Å²) in [6, 6.07) is 0. The molecule has 184 valence electrons. The molecular weight excluding hydrogens is 378 g/mol. The van der Waals surface area contributed by atoms with Crippen LogP contribution >= 0.6 is 0 Å². The molecule has 0 saturated heterocycles. The van der Waals surface area contributed by atoms with Crippen molar-refractivity contribution in [2.75, 3.05) is 26.2 Å². The van der Waals surface area contributed by atoms with E-state index in [1.165, 1.54) is 64.2 Å². The number of aliphatic imine (C=N–C) groups is 2. The van der Waals surface area contributed by atoms with E-state index in [1.807, 2.05) is 0 Å². The summed E-state index contributed by atoms with van der Waals surface area (Å²) in [7, 11) is 0. The third kappa shape index (κ3) is 22.3. The maximum absolute atomic E-state index is 4.60. The van der Waals surface area contributed by atoms with Crippen molar-refractivity contribution >= 4 is 12.4 Å². The van der Waals surface area contributed by atoms with E-state index in [0.717, 1.165) is 62.7 Å². The first-order valence-corrected chi connectivity index (χ1v) is 13.7. The van der Waals surface area contributed by atoms with Crippen molar-refractivity contribution in [1.82, 2.24) is 5.32 Å². The van der Waals surface area contributed by atoms with Crippen molar-refractivity contribution in [2.24, 2.45) is 33.7 Å². The van der Waals surface area contributed by atoms with Crippen molar-refractivity contribution in [1.29, 1.82) is 0 Å². The first-order valence-electron chi connectivity index (χ1n) is 13.7. The first kappa shape index (κ1) is 30.3. The van der Waals surface area contributed by atoms with Crippen molar-refractivity contribution in [3.8, 4) is 0 Å². The van der Waals surface area contributed by atoms with Gasteiger partial charge < -0.3 is 5.32 Å². The molecule has 0 amide bonds. The van der Waals surface area contributed by atoms with Crippen LogP contribution in [0.25, 0.3) is 0 Å². The third-order valence-electron chi connectivity index (χ3n) is 6.56. The number of hydrogen-bond donors (Lipinski definition) is 1. The molecule has 4 atom stereocenters. The van der Waals surface area contributed by atoms with Crippen molar-refractivity contribution in [3.05, 3.63) is 0 Å². The first-order chi connectivity index (χ1) is 15.0. The fourth-order valence-electron chi connectivity index (χ4n) is 3.98. The quantitative estimate of drug-likeness (QED) is 0.136. The molecule has 0 saturated carbocycles. The second-order valence-electron chi connectivity index (χ2n) is 10.2. The van der Waals surface area contributed by atoms with Crippen molar-refractivity contribution < 1.29 is 0 Å². The van der Waals surface area contributed by atoms with Gasteiger partial charge in [-0.3, -0.25) is 9.98 Å². The van der Waals surface area contributed by atoms with Crippen molar-refractivity contribution in [3.63, 3.8) is 0 Å². The van der Waals surface area contributed by atoms with Gasteiger partial charge in [0.05, 0.1) is 0 Å². The molecule has 31 heavy (non-hydrogen) atoms. The number of nitrogens with zero attached hydrogens (tertiary/aromatic N) is 2. The highest BCUT2D eigenvalue weighted by Gasteiger charge is 2.06. The van der Waals surface area contributed by atoms with Crippen LogP contribution in [0.5, 0.6) is 0 Å². The molecule has 0 fully saturated rings. The lowest BCUT2D eigenvalue weighted by atomic mass is 9.93. The zero-order valence-corrected chi connectivity index (χ0v) is 22.2. The Morgan fingerprint density at radius 1 is 0.581 bits per heavy atom. The summed E-state index contributed by atoms with van der Waals surface area (Å²) in [6.45, 7) is 18.3. The Kier molecular flexibility index (Phi) is 22.0. The predicted octanol–water partition coefficient (Wildman–Crippen LogP) is 7.98. The fraction of sp³-hybridized carbons (Fsp3) is 0.929. The molecule has 0 rings (SSSR count). The Bertz CT molecular complexity index is 380. The van der Waals surface area contributed by atoms with E-state index in [0.29, 0.717) is 0 Å². The highest BCUT2D eigenvalue weighted by Crippen LogP contribution is 2.17. The summed E-state index contributed by atoms with van der Waals surface area (Å²) in [6.07, 6.45) is 19.5. The summed E-state index contributed by atoms with van der Waals surface area (Å²) < 4.78 is 0. The van der Waals surface area contributed by atoms with Gasteiger partial charge in [-0.15, -0.1) is 0 Å². The summed E-state index contributed by atoms with van der Waals surface area (Å²) in [5, 5.41) is 3.59. The molecule has 0 bridgehead atoms. The largest absolute Gasteiger partial charge is 0.317 e. The summed E-state index contributed by atoms with van der Waals surface area (Å²) in [5.41, 5.74) is 0. The number of nitrogens with one attached hydrogen (secondary N) is 1. The van der Waals surface area contributed by atoms with Crippen LogP contribution in [-0.2, 0) is 0 Å². The van der Waals surface area contributed by atoms with E-state index < -0.39 is 0 Å². The maximum atomic E-state index is 4.60. The maximum Gasteiger partial charge on any atom is 0.0385 e. The van der Waals surface area contributed by atoms with E-state index in [2.05, 4.69) is 69.3 Å². The highest BCUT2D eigenvalue weighted by atomic mass is 14.8. The monoisotopic (exact) mass is 435 g/mol. The summed E-state index contributed by atoms with van der Waals surface area (Å²) >= 11 is 0. The minimum atomic E-state index is 0.776. The molecule has 0 heterocycles. The Morgan fingerprint density at radius 2 is 1.00 bits per heavy atom. The van der Waals surface area contributed by atoms with E-state index >= 15 is 0 Å². The summed E-state index contributed by atoms with van der Waals surface area (Å²) in [5.74, 6) is 3.25. The van der Waals surface area contributed by atoms with Crippen LogP contribution in [0.3, 0.4) is 0 Å². The molecule has 4 unspecified atom stereocenters. The molecule has 3 heteroatoms. The Labute approximate surface area is 196 Å². The molecule has 0 radical (unpaired) electrons. The Hall–Kier alpha value is -0.700. The standard InChI is InChI=1S/C28H57N3/c1-7-25(3)23-27(5)15-21-30-19-13-9-11-17-29-18-12-10-14-20-31-22-16-28(6)24-26(4)8-2/h21-22,25-29H,7-20,23-24H2,1-6H3. The smallest absolute Gasteiger partial charge is 0.0385 e. The average molecular weight is 436 g/mol. The highest BCUT2D eigenvalue weighted by molar-refractivity contribution is 5.57. The normalized spacial score (nSPS) is 16.2. The van der Waals surface area contributed by atoms with Gasteiger partial charge in [0.25, 0.3) is 0 Å². The second kappa shape index (κ2) is 22.5. The topological polar surface area (TPSA) is 36.8 Å². The molecule has 0 aromatic heterocycles. The van der Waals surface area contributed by atoms with Gasteiger partial charge in [0.2, 0.25) is 0 Å². The SMILES string of the molecule is CCC(C)CC(C)CC=NCCCCCNCCCCCN=CCC(C)CC(C)CC. The zero-order chi connectivity index (χ0) is 23.2. The van der Waals surface area contributed by atoms with Crippen LogP contribution in [0.15, 0.2) is 9.98 Å². The molecular formula is C28H57N3. The average Bonchev–Trinajstić information content (AvgIpc) is 2.75. The van der Waals surface area contributed by atoms with E-state index in [-0.39, 0.29) is 0 Å². The van der Waals surface area contributed by atoms with Crippen molar-refractivity contribution in [2.45, 2.75) is 119 Å². The van der Waals surface area contributed by atoms with E-state index in [9.17, 15) is 0 Å². The molecule has 0 aliphatic rings. The van der Waals surface area contributed by atoms with Crippen LogP contribution in [0.4, 0.5) is 0 Å². The number of rotatable bonds is 22. The fourth-order valence-corrected chi connectivity index (χ4v) is 3.98. The van der Waals surface area contributed by atoms with E-state index in [4.69, 9.17) is 0 Å². The van der Waals surface area contributed by atoms with Crippen LogP contribution < -0.4 is 5.32 Å². The molecule has 1 N–H and O–H groups in total. The number of hydrogen-bond acceptors (Lipinski definition) is 3. The number of unbranched alkanes of at least 4 members (excludes halogenated alkanes) is 4. The van der Waals surface area contributed by atoms with Gasteiger partial charge in [0.15, 0.2) is 0 Å². The van der Waals surface area contributed by atoms with Gasteiger partial charge >= 0.3 is 0 Å². The predicted molar refractivity (Wildman–Crippen MR) is 143 cm³/mol. The molecule has 0 aliphatic heterocycles. The molecule has 0 aromatic carbocycles. The van der Waals surface area contributed by atoms with Gasteiger partial charge in [-0.2, -0.15) is 0 Å². The van der Waals surface area contributed by atoms with Gasteiger partial charge in [0.1, 0.15) is 0 Å².